The van der Waals surface area contributed by atoms with Crippen LogP contribution in [0.1, 0.15) is 96.7 Å². The Balaban J connectivity index is 0.684. The molecule has 2 aromatic carbocycles. The summed E-state index contributed by atoms with van der Waals surface area (Å²) in [6.07, 6.45) is 10.3. The number of hydrogen-bond acceptors (Lipinski definition) is 14. The number of piperidine rings is 2. The highest BCUT2D eigenvalue weighted by Gasteiger charge is 2.45. The van der Waals surface area contributed by atoms with Crippen LogP contribution in [0.25, 0.3) is 5.69 Å². The third kappa shape index (κ3) is 13.3. The van der Waals surface area contributed by atoms with Crippen LogP contribution < -0.4 is 26.4 Å². The number of fused-ring (bicyclic) bond motifs is 1. The third-order valence-corrected chi connectivity index (χ3v) is 12.3. The average molecular weight is 903 g/mol. The fraction of sp³-hybridized carbons (Fsp3) is 0.587. The van der Waals surface area contributed by atoms with Crippen molar-refractivity contribution in [2.24, 2.45) is 5.92 Å². The summed E-state index contributed by atoms with van der Waals surface area (Å²) in [4.78, 5) is 82.0. The van der Waals surface area contributed by atoms with E-state index in [4.69, 9.17) is 23.7 Å². The summed E-state index contributed by atoms with van der Waals surface area (Å²) in [7, 11) is 0. The van der Waals surface area contributed by atoms with Gasteiger partial charge in [0.1, 0.15) is 17.6 Å². The van der Waals surface area contributed by atoms with E-state index in [0.717, 1.165) is 43.3 Å². The molecular formula is C46H62N8O11. The van der Waals surface area contributed by atoms with E-state index in [1.165, 1.54) is 43.2 Å². The molecule has 0 spiro atoms. The zero-order valence-electron chi connectivity index (χ0n) is 37.0. The lowest BCUT2D eigenvalue weighted by atomic mass is 9.86. The lowest BCUT2D eigenvalue weighted by Gasteiger charge is -2.33. The number of carbonyl (C=O) groups excluding carboxylic acids is 5. The van der Waals surface area contributed by atoms with Gasteiger partial charge in [-0.15, -0.1) is 5.10 Å². The lowest BCUT2D eigenvalue weighted by molar-refractivity contribution is -0.136. The quantitative estimate of drug-likeness (QED) is 0.0710. The molecule has 2 atom stereocenters. The summed E-state index contributed by atoms with van der Waals surface area (Å²) in [5, 5.41) is 12.8. The minimum atomic E-state index is -1.02. The summed E-state index contributed by atoms with van der Waals surface area (Å²) >= 11 is 0. The van der Waals surface area contributed by atoms with Gasteiger partial charge in [0.25, 0.3) is 17.7 Å². The minimum Gasteiger partial charge on any atom is -0.484 e. The fourth-order valence-corrected chi connectivity index (χ4v) is 8.87. The molecule has 2 saturated heterocycles. The predicted molar refractivity (Wildman–Crippen MR) is 237 cm³/mol. The van der Waals surface area contributed by atoms with Gasteiger partial charge in [-0.05, 0) is 69.0 Å². The van der Waals surface area contributed by atoms with Gasteiger partial charge in [-0.25, -0.2) is 4.79 Å². The van der Waals surface area contributed by atoms with Crippen LogP contribution >= 0.6 is 0 Å². The number of rotatable bonds is 25. The van der Waals surface area contributed by atoms with Crippen LogP contribution in [0, 0.1) is 5.92 Å². The van der Waals surface area contributed by atoms with Gasteiger partial charge >= 0.3 is 5.69 Å². The predicted octanol–water partition coefficient (Wildman–Crippen LogP) is 2.79. The van der Waals surface area contributed by atoms with Crippen LogP contribution in [-0.4, -0.2) is 152 Å². The molecular weight excluding hydrogens is 841 g/mol. The van der Waals surface area contributed by atoms with Crippen molar-refractivity contribution >= 4 is 35.2 Å². The number of carbonyl (C=O) groups is 5. The molecule has 1 saturated carbocycles. The summed E-state index contributed by atoms with van der Waals surface area (Å²) in [5.74, 6) is -0.304. The maximum Gasteiger partial charge on any atom is 0.348 e. The summed E-state index contributed by atoms with van der Waals surface area (Å²) in [6.45, 7) is 6.37. The fourth-order valence-electron chi connectivity index (χ4n) is 8.87. The van der Waals surface area contributed by atoms with Crippen LogP contribution in [0.3, 0.4) is 0 Å². The first-order valence-corrected chi connectivity index (χ1v) is 23.1. The molecule has 65 heavy (non-hydrogen) atoms. The van der Waals surface area contributed by atoms with Gasteiger partial charge < -0.3 is 39.2 Å². The van der Waals surface area contributed by atoms with Crippen molar-refractivity contribution in [3.8, 4) is 11.4 Å². The van der Waals surface area contributed by atoms with Crippen LogP contribution in [0.15, 0.2) is 47.3 Å². The molecule has 3 aliphatic heterocycles. The third-order valence-electron chi connectivity index (χ3n) is 12.3. The van der Waals surface area contributed by atoms with E-state index in [0.29, 0.717) is 88.9 Å². The van der Waals surface area contributed by atoms with E-state index < -0.39 is 29.7 Å². The van der Waals surface area contributed by atoms with E-state index in [1.54, 1.807) is 42.5 Å². The van der Waals surface area contributed by atoms with Crippen LogP contribution in [-0.2, 0) is 33.3 Å². The van der Waals surface area contributed by atoms with Crippen molar-refractivity contribution in [1.82, 2.24) is 35.2 Å². The average Bonchev–Trinajstić information content (AvgIpc) is 3.83. The van der Waals surface area contributed by atoms with Crippen LogP contribution in [0.5, 0.6) is 5.75 Å². The van der Waals surface area contributed by atoms with Crippen molar-refractivity contribution < 1.29 is 47.7 Å². The van der Waals surface area contributed by atoms with E-state index in [1.807, 2.05) is 0 Å². The number of ether oxygens (including phenoxy) is 5. The molecule has 4 N–H and O–H groups in total. The Kier molecular flexibility index (Phi) is 17.7. The van der Waals surface area contributed by atoms with Crippen molar-refractivity contribution in [3.63, 3.8) is 0 Å². The first kappa shape index (κ1) is 47.5. The summed E-state index contributed by atoms with van der Waals surface area (Å²) in [6, 6.07) is 10.9. The molecule has 4 aliphatic rings. The van der Waals surface area contributed by atoms with Crippen molar-refractivity contribution in [2.75, 3.05) is 97.5 Å². The maximum absolute atomic E-state index is 13.2. The number of anilines is 1. The highest BCUT2D eigenvalue weighted by Crippen LogP contribution is 2.33. The molecule has 7 rings (SSSR count). The molecule has 0 bridgehead atoms. The van der Waals surface area contributed by atoms with Gasteiger partial charge in [-0.1, -0.05) is 44.2 Å². The Hall–Kier alpha value is -5.47. The zero-order chi connectivity index (χ0) is 45.4. The number of H-pyrrole nitrogens is 1. The molecule has 19 nitrogen and oxygen atoms in total. The SMILES string of the molecule is O=C(COc1cccc(-n2nc([C@H]3CCCN(CCC4CCCCC4)C3)[nH]c2=O)c1)NCCOCCOCCOCCOCCNc1cccc2c1C(=O)N(C1CCC(=O)NC1=O)C2=O. The van der Waals surface area contributed by atoms with Crippen LogP contribution in [0.4, 0.5) is 5.69 Å². The summed E-state index contributed by atoms with van der Waals surface area (Å²) < 4.78 is 29.3. The topological polar surface area (TPSA) is 225 Å². The van der Waals surface area contributed by atoms with Gasteiger partial charge in [-0.2, -0.15) is 4.68 Å². The standard InChI is InChI=1S/C46H62N8O11/c55-39-15-14-38(43(57)49-39)53-44(58)36-12-5-13-37(41(36)45(53)59)47-17-21-61-23-25-63-27-28-64-26-24-62-22-18-48-40(56)31-65-35-11-4-10-34(29-35)54-46(60)50-42(51-54)33-9-6-19-52(30-33)20-16-32-7-2-1-3-8-32/h4-5,10-13,29,32-33,38,47H,1-3,6-9,14-28,30-31H2,(H,48,56)(H,49,55,57)(H,50,51,60)/t33-,38?/m0/s1. The lowest BCUT2D eigenvalue weighted by Crippen LogP contribution is -2.54. The van der Waals surface area contributed by atoms with Crippen molar-refractivity contribution in [1.29, 1.82) is 0 Å². The Morgan fingerprint density at radius 3 is 2.26 bits per heavy atom. The number of imide groups is 2. The number of hydrogen-bond donors (Lipinski definition) is 4. The molecule has 3 fully saturated rings. The zero-order valence-corrected chi connectivity index (χ0v) is 37.0. The minimum absolute atomic E-state index is 0.0556. The Morgan fingerprint density at radius 1 is 0.785 bits per heavy atom. The van der Waals surface area contributed by atoms with Crippen molar-refractivity contribution in [2.45, 2.75) is 76.2 Å². The smallest absolute Gasteiger partial charge is 0.348 e. The van der Waals surface area contributed by atoms with E-state index in [2.05, 4.69) is 30.9 Å². The number of nitrogens with zero attached hydrogens (tertiary/aromatic N) is 4. The number of likely N-dealkylation sites (tertiary alicyclic amines) is 1. The highest BCUT2D eigenvalue weighted by molar-refractivity contribution is 6.25. The first-order valence-electron chi connectivity index (χ1n) is 23.1. The molecule has 352 valence electrons. The molecule has 1 aliphatic carbocycles. The van der Waals surface area contributed by atoms with E-state index in [-0.39, 0.29) is 48.1 Å². The Morgan fingerprint density at radius 2 is 1.51 bits per heavy atom. The Labute approximate surface area is 378 Å². The number of amides is 5. The van der Waals surface area contributed by atoms with E-state index in [9.17, 15) is 28.8 Å². The largest absolute Gasteiger partial charge is 0.484 e. The van der Waals surface area contributed by atoms with Gasteiger partial charge in [-0.3, -0.25) is 39.2 Å². The second-order valence-electron chi connectivity index (χ2n) is 16.8. The Bertz CT molecular complexity index is 2150. The number of benzene rings is 2. The molecule has 0 radical (unpaired) electrons. The van der Waals surface area contributed by atoms with Crippen molar-refractivity contribution in [3.05, 3.63) is 69.9 Å². The molecule has 1 unspecified atom stereocenters. The molecule has 19 heteroatoms. The van der Waals surface area contributed by atoms with Crippen LogP contribution in [0.2, 0.25) is 0 Å². The normalized spacial score (nSPS) is 19.4. The molecule has 1 aromatic heterocycles. The van der Waals surface area contributed by atoms with Gasteiger partial charge in [0, 0.05) is 43.7 Å². The number of aromatic amines is 1. The van der Waals surface area contributed by atoms with Gasteiger partial charge in [0.15, 0.2) is 6.61 Å². The second kappa shape index (κ2) is 24.2. The maximum atomic E-state index is 13.2. The first-order chi connectivity index (χ1) is 31.7. The van der Waals surface area contributed by atoms with Gasteiger partial charge in [0.2, 0.25) is 11.8 Å². The van der Waals surface area contributed by atoms with Gasteiger partial charge in [0.05, 0.1) is 69.7 Å². The number of nitrogens with one attached hydrogen (secondary N) is 4. The second-order valence-corrected chi connectivity index (χ2v) is 16.8. The molecule has 4 heterocycles. The monoisotopic (exact) mass is 902 g/mol. The number of aromatic nitrogens is 3. The molecule has 3 aromatic rings. The summed E-state index contributed by atoms with van der Waals surface area (Å²) in [5.41, 5.74) is 1.14. The highest BCUT2D eigenvalue weighted by atomic mass is 16.6. The molecule has 5 amide bonds. The van der Waals surface area contributed by atoms with E-state index >= 15 is 0 Å².